The minimum absolute atomic E-state index is 0.0647. The predicted molar refractivity (Wildman–Crippen MR) is 362 cm³/mol. The van der Waals surface area contributed by atoms with Gasteiger partial charge in [0, 0.05) is 19.3 Å². The molecule has 0 aromatic carbocycles. The van der Waals surface area contributed by atoms with Crippen LogP contribution in [-0.2, 0) is 28.6 Å². The van der Waals surface area contributed by atoms with E-state index in [9.17, 15) is 14.4 Å². The summed E-state index contributed by atoms with van der Waals surface area (Å²) >= 11 is 0. The van der Waals surface area contributed by atoms with Crippen LogP contribution in [0, 0.1) is 0 Å². The molecule has 0 rings (SSSR count). The van der Waals surface area contributed by atoms with Gasteiger partial charge >= 0.3 is 17.9 Å². The van der Waals surface area contributed by atoms with Crippen LogP contribution in [0.5, 0.6) is 0 Å². The number of ether oxygens (including phenoxy) is 3. The number of esters is 3. The molecule has 0 saturated heterocycles. The van der Waals surface area contributed by atoms with Crippen LogP contribution in [0.4, 0.5) is 0 Å². The smallest absolute Gasteiger partial charge is 0.306 e. The van der Waals surface area contributed by atoms with E-state index in [4.69, 9.17) is 14.2 Å². The van der Waals surface area contributed by atoms with Crippen molar-refractivity contribution < 1.29 is 28.6 Å². The van der Waals surface area contributed by atoms with Gasteiger partial charge in [-0.3, -0.25) is 14.4 Å². The lowest BCUT2D eigenvalue weighted by Gasteiger charge is -2.18. The molecule has 0 saturated carbocycles. The molecule has 6 nitrogen and oxygen atoms in total. The molecule has 0 aromatic heterocycles. The van der Waals surface area contributed by atoms with E-state index in [2.05, 4.69) is 69.4 Å². The topological polar surface area (TPSA) is 78.9 Å². The van der Waals surface area contributed by atoms with Crippen molar-refractivity contribution in [2.75, 3.05) is 13.2 Å². The average molecular weight is 1160 g/mol. The number of hydrogen-bond acceptors (Lipinski definition) is 6. The molecule has 0 N–H and O–H groups in total. The largest absolute Gasteiger partial charge is 0.462 e. The van der Waals surface area contributed by atoms with Gasteiger partial charge in [-0.15, -0.1) is 0 Å². The molecule has 486 valence electrons. The number of rotatable bonds is 69. The van der Waals surface area contributed by atoms with Crippen molar-refractivity contribution in [3.05, 3.63) is 48.6 Å². The Morgan fingerprint density at radius 1 is 0.253 bits per heavy atom. The first-order valence-electron chi connectivity index (χ1n) is 37.1. The fraction of sp³-hybridized carbons (Fsp3) is 0.857. The Kier molecular flexibility index (Phi) is 69.6. The molecule has 0 aliphatic carbocycles. The third kappa shape index (κ3) is 70.0. The van der Waals surface area contributed by atoms with Gasteiger partial charge in [-0.05, 0) is 57.8 Å². The summed E-state index contributed by atoms with van der Waals surface area (Å²) in [6.45, 7) is 6.59. The maximum Gasteiger partial charge on any atom is 0.306 e. The lowest BCUT2D eigenvalue weighted by molar-refractivity contribution is -0.167. The Balaban J connectivity index is 4.06. The molecule has 0 spiro atoms. The summed E-state index contributed by atoms with van der Waals surface area (Å²) in [5, 5.41) is 0. The highest BCUT2D eigenvalue weighted by Crippen LogP contribution is 2.19. The van der Waals surface area contributed by atoms with E-state index in [1.165, 1.54) is 283 Å². The lowest BCUT2D eigenvalue weighted by atomic mass is 10.0. The molecule has 1 atom stereocenters. The molecule has 0 heterocycles. The van der Waals surface area contributed by atoms with Crippen LogP contribution in [0.2, 0.25) is 0 Å². The van der Waals surface area contributed by atoms with Crippen LogP contribution < -0.4 is 0 Å². The molecule has 0 aliphatic heterocycles. The fourth-order valence-corrected chi connectivity index (χ4v) is 11.3. The Bertz CT molecular complexity index is 1430. The second-order valence-electron chi connectivity index (χ2n) is 25.2. The number of carbonyl (C=O) groups excluding carboxylic acids is 3. The van der Waals surface area contributed by atoms with Gasteiger partial charge in [0.25, 0.3) is 0 Å². The van der Waals surface area contributed by atoms with Gasteiger partial charge in [-0.2, -0.15) is 0 Å². The minimum Gasteiger partial charge on any atom is -0.462 e. The van der Waals surface area contributed by atoms with E-state index < -0.39 is 6.10 Å². The van der Waals surface area contributed by atoms with Gasteiger partial charge in [-0.25, -0.2) is 0 Å². The highest BCUT2D eigenvalue weighted by molar-refractivity contribution is 5.71. The van der Waals surface area contributed by atoms with E-state index in [1.807, 2.05) is 0 Å². The SMILES string of the molecule is CC/C=C\C/C=C\C/C=C\C/C=C\CCCCCCCCCCCCCCCCCCCCCCC(=O)OCC(COC(=O)CCCCCCCCCCCC)OC(=O)CCCCCCCCCCCCCCCCCCCCCCCC. The quantitative estimate of drug-likeness (QED) is 0.0261. The van der Waals surface area contributed by atoms with Crippen molar-refractivity contribution in [2.24, 2.45) is 0 Å². The van der Waals surface area contributed by atoms with Crippen molar-refractivity contribution in [2.45, 2.75) is 412 Å². The van der Waals surface area contributed by atoms with Gasteiger partial charge in [0.1, 0.15) is 13.2 Å². The Hall–Kier alpha value is -2.63. The maximum absolute atomic E-state index is 12.9. The van der Waals surface area contributed by atoms with Crippen molar-refractivity contribution in [3.63, 3.8) is 0 Å². The van der Waals surface area contributed by atoms with E-state index in [-0.39, 0.29) is 31.1 Å². The summed E-state index contributed by atoms with van der Waals surface area (Å²) in [6.07, 6.45) is 91.7. The standard InChI is InChI=1S/C77H142O6/c1-4-7-10-13-16-19-22-24-26-28-30-32-34-35-36-37-38-39-40-41-42-43-44-46-47-49-51-53-55-58-61-64-67-70-76(79)82-73-74(72-81-75(78)69-66-63-60-57-21-18-15-12-9-6-3)83-77(80)71-68-65-62-59-56-54-52-50-48-45-33-31-29-27-25-23-20-17-14-11-8-5-2/h7,10,16,19,24,26,30,32,74H,4-6,8-9,11-15,17-18,20-23,25,27-29,31,33-73H2,1-3H3/b10-7-,19-16-,26-24-,32-30-. The van der Waals surface area contributed by atoms with Crippen molar-refractivity contribution in [1.29, 1.82) is 0 Å². The highest BCUT2D eigenvalue weighted by atomic mass is 16.6. The number of hydrogen-bond donors (Lipinski definition) is 0. The highest BCUT2D eigenvalue weighted by Gasteiger charge is 2.20. The Morgan fingerprint density at radius 3 is 0.735 bits per heavy atom. The summed E-state index contributed by atoms with van der Waals surface area (Å²) in [7, 11) is 0. The molecule has 0 aromatic rings. The zero-order chi connectivity index (χ0) is 59.9. The molecule has 1 unspecified atom stereocenters. The zero-order valence-electron chi connectivity index (χ0n) is 56.0. The lowest BCUT2D eigenvalue weighted by Crippen LogP contribution is -2.30. The molecule has 0 fully saturated rings. The maximum atomic E-state index is 12.9. The molecule has 0 aliphatic rings. The third-order valence-electron chi connectivity index (χ3n) is 16.8. The van der Waals surface area contributed by atoms with Crippen LogP contribution in [-0.4, -0.2) is 37.2 Å². The zero-order valence-corrected chi connectivity index (χ0v) is 56.0. The van der Waals surface area contributed by atoms with Gasteiger partial charge in [0.15, 0.2) is 6.10 Å². The fourth-order valence-electron chi connectivity index (χ4n) is 11.3. The first kappa shape index (κ1) is 80.4. The van der Waals surface area contributed by atoms with Gasteiger partial charge in [0.05, 0.1) is 0 Å². The van der Waals surface area contributed by atoms with Crippen LogP contribution in [0.15, 0.2) is 48.6 Å². The summed E-state index contributed by atoms with van der Waals surface area (Å²) in [4.78, 5) is 38.4. The molecule has 0 amide bonds. The molecular formula is C77H142O6. The van der Waals surface area contributed by atoms with Crippen LogP contribution in [0.1, 0.15) is 406 Å². The summed E-state index contributed by atoms with van der Waals surface area (Å²) < 4.78 is 17.0. The average Bonchev–Trinajstić information content (AvgIpc) is 3.49. The number of allylic oxidation sites excluding steroid dienone is 8. The summed E-state index contributed by atoms with van der Waals surface area (Å²) in [6, 6.07) is 0. The minimum atomic E-state index is -0.767. The summed E-state index contributed by atoms with van der Waals surface area (Å²) in [5.74, 6) is -0.834. The van der Waals surface area contributed by atoms with Crippen molar-refractivity contribution in [1.82, 2.24) is 0 Å². The van der Waals surface area contributed by atoms with Crippen LogP contribution in [0.25, 0.3) is 0 Å². The first-order valence-corrected chi connectivity index (χ1v) is 37.1. The molecule has 0 bridgehead atoms. The molecule has 6 heteroatoms. The van der Waals surface area contributed by atoms with Gasteiger partial charge in [0.2, 0.25) is 0 Å². The van der Waals surface area contributed by atoms with E-state index in [0.29, 0.717) is 19.3 Å². The summed E-state index contributed by atoms with van der Waals surface area (Å²) in [5.41, 5.74) is 0. The first-order chi connectivity index (χ1) is 41.0. The number of unbranched alkanes of at least 4 members (excludes halogenated alkanes) is 50. The Labute approximate surface area is 518 Å². The third-order valence-corrected chi connectivity index (χ3v) is 16.8. The second kappa shape index (κ2) is 71.8. The second-order valence-corrected chi connectivity index (χ2v) is 25.2. The monoisotopic (exact) mass is 1160 g/mol. The molecule has 0 radical (unpaired) electrons. The van der Waals surface area contributed by atoms with Gasteiger partial charge < -0.3 is 14.2 Å². The van der Waals surface area contributed by atoms with Crippen LogP contribution >= 0.6 is 0 Å². The van der Waals surface area contributed by atoms with Crippen molar-refractivity contribution in [3.8, 4) is 0 Å². The van der Waals surface area contributed by atoms with E-state index in [1.54, 1.807) is 0 Å². The Morgan fingerprint density at radius 2 is 0.470 bits per heavy atom. The molecule has 83 heavy (non-hydrogen) atoms. The number of carbonyl (C=O) groups is 3. The van der Waals surface area contributed by atoms with E-state index >= 15 is 0 Å². The normalized spacial score (nSPS) is 12.3. The van der Waals surface area contributed by atoms with Crippen molar-refractivity contribution >= 4 is 17.9 Å². The van der Waals surface area contributed by atoms with Gasteiger partial charge in [-0.1, -0.05) is 378 Å². The van der Waals surface area contributed by atoms with E-state index in [0.717, 1.165) is 83.5 Å². The molecular weight excluding hydrogens is 1020 g/mol. The predicted octanol–water partition coefficient (Wildman–Crippen LogP) is 25.7. The van der Waals surface area contributed by atoms with Crippen LogP contribution in [0.3, 0.4) is 0 Å².